The van der Waals surface area contributed by atoms with Crippen LogP contribution in [0.1, 0.15) is 53.0 Å². The number of esters is 1. The van der Waals surface area contributed by atoms with E-state index in [2.05, 4.69) is 20.9 Å². The Morgan fingerprint density at radius 3 is 2.41 bits per heavy atom. The average molecular weight is 461 g/mol. The molecule has 0 radical (unpaired) electrons. The summed E-state index contributed by atoms with van der Waals surface area (Å²) in [6.45, 7) is 12.2. The molecule has 0 aromatic carbocycles. The van der Waals surface area contributed by atoms with Crippen molar-refractivity contribution in [2.75, 3.05) is 13.1 Å². The molecule has 0 N–H and O–H groups in total. The maximum absolute atomic E-state index is 12.9. The van der Waals surface area contributed by atoms with E-state index in [1.807, 2.05) is 41.5 Å². The largest absolute Gasteiger partial charge is 0.460 e. The van der Waals surface area contributed by atoms with E-state index in [9.17, 15) is 9.59 Å². The van der Waals surface area contributed by atoms with Crippen LogP contribution in [0.2, 0.25) is 0 Å². The predicted molar refractivity (Wildman–Crippen MR) is 109 cm³/mol. The number of ether oxygens (including phenoxy) is 2. The lowest BCUT2D eigenvalue weighted by Crippen LogP contribution is -2.38. The molecule has 1 aliphatic heterocycles. The summed E-state index contributed by atoms with van der Waals surface area (Å²) in [5.41, 5.74) is -1.09. The van der Waals surface area contributed by atoms with E-state index in [0.717, 1.165) is 15.2 Å². The van der Waals surface area contributed by atoms with Gasteiger partial charge < -0.3 is 14.4 Å². The number of carbonyl (C=O) groups excluding carboxylic acids is 2. The number of nitrogens with zero attached hydrogens (tertiary/aromatic N) is 2. The Hall–Kier alpha value is -1.15. The van der Waals surface area contributed by atoms with Crippen LogP contribution in [0.5, 0.6) is 0 Å². The molecule has 8 heteroatoms. The highest BCUT2D eigenvalue weighted by molar-refractivity contribution is 9.11. The molecule has 1 aromatic rings. The number of hydrogen-bond donors (Lipinski definition) is 0. The van der Waals surface area contributed by atoms with E-state index >= 15 is 0 Å². The number of carbonyl (C=O) groups is 2. The highest BCUT2D eigenvalue weighted by atomic mass is 79.9. The molecule has 6 nitrogen and oxygen atoms in total. The molecule has 27 heavy (non-hydrogen) atoms. The summed E-state index contributed by atoms with van der Waals surface area (Å²) in [5, 5.41) is 0.883. The second kappa shape index (κ2) is 8.47. The molecule has 2 heterocycles. The second-order valence-corrected chi connectivity index (χ2v) is 11.4. The number of halogens is 1. The molecule has 0 saturated carbocycles. The molecule has 2 atom stereocenters. The maximum Gasteiger partial charge on any atom is 0.410 e. The van der Waals surface area contributed by atoms with Crippen molar-refractivity contribution in [1.82, 2.24) is 9.88 Å². The van der Waals surface area contributed by atoms with Crippen molar-refractivity contribution < 1.29 is 19.1 Å². The van der Waals surface area contributed by atoms with Crippen LogP contribution in [0.4, 0.5) is 4.79 Å². The molecular weight excluding hydrogens is 432 g/mol. The fraction of sp³-hybridized carbons (Fsp3) is 0.737. The van der Waals surface area contributed by atoms with E-state index in [1.54, 1.807) is 11.1 Å². The quantitative estimate of drug-likeness (QED) is 0.610. The number of thiazole rings is 1. The molecule has 152 valence electrons. The molecule has 0 spiro atoms. The van der Waals surface area contributed by atoms with Crippen molar-refractivity contribution in [3.63, 3.8) is 0 Å². The van der Waals surface area contributed by atoms with Crippen molar-refractivity contribution in [1.29, 1.82) is 0 Å². The van der Waals surface area contributed by atoms with Gasteiger partial charge in [0.15, 0.2) is 0 Å². The monoisotopic (exact) mass is 460 g/mol. The first-order chi connectivity index (χ1) is 12.3. The Morgan fingerprint density at radius 2 is 1.89 bits per heavy atom. The van der Waals surface area contributed by atoms with Crippen molar-refractivity contribution >= 4 is 39.3 Å². The standard InChI is InChI=1S/C19H29BrN2O4S/c1-18(2,3)25-16(23)13(9-15-21-10-14(20)27-15)12-7-8-22(11-12)17(24)26-19(4,5)6/h10,12-13H,7-9,11H2,1-6H3/t12-,13-/m0/s1. The smallest absolute Gasteiger partial charge is 0.410 e. The van der Waals surface area contributed by atoms with Crippen LogP contribution in [-0.2, 0) is 20.7 Å². The summed E-state index contributed by atoms with van der Waals surface area (Å²) in [6.07, 6.45) is 2.67. The van der Waals surface area contributed by atoms with Crippen LogP contribution in [0, 0.1) is 11.8 Å². The second-order valence-electron chi connectivity index (χ2n) is 8.88. The van der Waals surface area contributed by atoms with Gasteiger partial charge in [0.05, 0.1) is 20.9 Å². The molecule has 0 aliphatic carbocycles. The molecule has 0 bridgehead atoms. The first kappa shape index (κ1) is 22.1. The van der Waals surface area contributed by atoms with Gasteiger partial charge in [-0.2, -0.15) is 0 Å². The Morgan fingerprint density at radius 1 is 1.26 bits per heavy atom. The minimum Gasteiger partial charge on any atom is -0.460 e. The van der Waals surface area contributed by atoms with Crippen LogP contribution in [0.15, 0.2) is 9.98 Å². The van der Waals surface area contributed by atoms with Crippen molar-refractivity contribution in [3.8, 4) is 0 Å². The summed E-state index contributed by atoms with van der Waals surface area (Å²) in [4.78, 5) is 31.3. The summed E-state index contributed by atoms with van der Waals surface area (Å²) >= 11 is 4.94. The van der Waals surface area contributed by atoms with Gasteiger partial charge in [-0.05, 0) is 69.8 Å². The average Bonchev–Trinajstić information content (AvgIpc) is 3.10. The van der Waals surface area contributed by atoms with E-state index in [0.29, 0.717) is 19.5 Å². The summed E-state index contributed by atoms with van der Waals surface area (Å²) < 4.78 is 12.1. The molecule has 1 saturated heterocycles. The zero-order chi connectivity index (χ0) is 20.4. The Balaban J connectivity index is 2.11. The van der Waals surface area contributed by atoms with Gasteiger partial charge in [-0.1, -0.05) is 0 Å². The first-order valence-corrected chi connectivity index (χ1v) is 10.8. The van der Waals surface area contributed by atoms with Crippen molar-refractivity contribution in [2.24, 2.45) is 11.8 Å². The zero-order valence-electron chi connectivity index (χ0n) is 16.9. The van der Waals surface area contributed by atoms with Crippen molar-refractivity contribution in [2.45, 2.75) is 65.6 Å². The molecule has 1 aromatic heterocycles. The van der Waals surface area contributed by atoms with E-state index in [4.69, 9.17) is 9.47 Å². The summed E-state index contributed by atoms with van der Waals surface area (Å²) in [5.74, 6) is -0.547. The first-order valence-electron chi connectivity index (χ1n) is 9.15. The molecule has 1 amide bonds. The van der Waals surface area contributed by atoms with Gasteiger partial charge in [0.2, 0.25) is 0 Å². The van der Waals surface area contributed by atoms with E-state index < -0.39 is 11.2 Å². The SMILES string of the molecule is CC(C)(C)OC(=O)[C@@H](Cc1ncc(Br)s1)[C@H]1CCN(C(=O)OC(C)(C)C)C1. The number of likely N-dealkylation sites (tertiary alicyclic amines) is 1. The van der Waals surface area contributed by atoms with Crippen LogP contribution in [-0.4, -0.2) is 46.2 Å². The number of amides is 1. The molecule has 2 rings (SSSR count). The molecule has 0 unspecified atom stereocenters. The van der Waals surface area contributed by atoms with Gasteiger partial charge in [0.25, 0.3) is 0 Å². The normalized spacial score (nSPS) is 19.1. The van der Waals surface area contributed by atoms with Gasteiger partial charge in [0, 0.05) is 19.5 Å². The summed E-state index contributed by atoms with van der Waals surface area (Å²) in [6, 6.07) is 0. The third-order valence-corrected chi connectivity index (χ3v) is 5.57. The van der Waals surface area contributed by atoms with Gasteiger partial charge in [-0.3, -0.25) is 4.79 Å². The van der Waals surface area contributed by atoms with Gasteiger partial charge in [-0.25, -0.2) is 9.78 Å². The van der Waals surface area contributed by atoms with Gasteiger partial charge >= 0.3 is 12.1 Å². The lowest BCUT2D eigenvalue weighted by Gasteiger charge is -2.27. The number of aromatic nitrogens is 1. The van der Waals surface area contributed by atoms with Crippen LogP contribution < -0.4 is 0 Å². The molecule has 1 fully saturated rings. The van der Waals surface area contributed by atoms with Crippen LogP contribution in [0.3, 0.4) is 0 Å². The zero-order valence-corrected chi connectivity index (χ0v) is 19.3. The highest BCUT2D eigenvalue weighted by Crippen LogP contribution is 2.32. The lowest BCUT2D eigenvalue weighted by atomic mass is 9.88. The summed E-state index contributed by atoms with van der Waals surface area (Å²) in [7, 11) is 0. The molecular formula is C19H29BrN2O4S. The minimum absolute atomic E-state index is 0.0232. The Kier molecular flexibility index (Phi) is 6.95. The van der Waals surface area contributed by atoms with Gasteiger partial charge in [-0.15, -0.1) is 11.3 Å². The third kappa shape index (κ3) is 7.07. The highest BCUT2D eigenvalue weighted by Gasteiger charge is 2.39. The predicted octanol–water partition coefficient (Wildman–Crippen LogP) is 4.66. The fourth-order valence-corrected chi connectivity index (χ4v) is 4.36. The lowest BCUT2D eigenvalue weighted by molar-refractivity contribution is -0.161. The van der Waals surface area contributed by atoms with Crippen LogP contribution in [0.25, 0.3) is 0 Å². The van der Waals surface area contributed by atoms with E-state index in [1.165, 1.54) is 11.3 Å². The van der Waals surface area contributed by atoms with Crippen molar-refractivity contribution in [3.05, 3.63) is 15.0 Å². The topological polar surface area (TPSA) is 68.7 Å². The maximum atomic E-state index is 12.9. The number of hydrogen-bond acceptors (Lipinski definition) is 6. The Labute approximate surface area is 173 Å². The Bertz CT molecular complexity index is 678. The van der Waals surface area contributed by atoms with Gasteiger partial charge in [0.1, 0.15) is 11.2 Å². The third-order valence-electron chi connectivity index (χ3n) is 4.07. The van der Waals surface area contributed by atoms with Crippen LogP contribution >= 0.6 is 27.3 Å². The van der Waals surface area contributed by atoms with E-state index in [-0.39, 0.29) is 23.9 Å². The number of rotatable bonds is 4. The molecule has 1 aliphatic rings. The fourth-order valence-electron chi connectivity index (χ4n) is 3.00. The minimum atomic E-state index is -0.553.